The Labute approximate surface area is 119 Å². The number of amides is 3. The molecule has 4 N–H and O–H groups in total. The van der Waals surface area contributed by atoms with Crippen LogP contribution in [0.5, 0.6) is 0 Å². The molecule has 1 unspecified atom stereocenters. The summed E-state index contributed by atoms with van der Waals surface area (Å²) in [5.74, 6) is 0.361. The van der Waals surface area contributed by atoms with Crippen molar-refractivity contribution in [2.75, 3.05) is 6.54 Å². The van der Waals surface area contributed by atoms with Crippen LogP contribution in [0, 0.1) is 5.92 Å². The van der Waals surface area contributed by atoms with Crippen molar-refractivity contribution >= 4 is 11.9 Å². The molecule has 1 aromatic carbocycles. The van der Waals surface area contributed by atoms with Crippen LogP contribution < -0.4 is 16.4 Å². The predicted octanol–water partition coefficient (Wildman–Crippen LogP) is 1.73. The number of rotatable bonds is 6. The van der Waals surface area contributed by atoms with Gasteiger partial charge in [0.2, 0.25) is 5.91 Å². The second kappa shape index (κ2) is 7.53. The van der Waals surface area contributed by atoms with Crippen molar-refractivity contribution in [1.29, 1.82) is 0 Å². The number of benzene rings is 1. The molecule has 110 valence electrons. The van der Waals surface area contributed by atoms with E-state index in [9.17, 15) is 9.59 Å². The Balaban J connectivity index is 2.52. The number of nitrogens with two attached hydrogens (primary N) is 1. The van der Waals surface area contributed by atoms with Crippen LogP contribution in [0.15, 0.2) is 24.3 Å². The highest BCUT2D eigenvalue weighted by Crippen LogP contribution is 2.15. The summed E-state index contributed by atoms with van der Waals surface area (Å²) in [7, 11) is 0. The minimum absolute atomic E-state index is 0.106. The highest BCUT2D eigenvalue weighted by molar-refractivity contribution is 5.83. The molecule has 0 saturated carbocycles. The maximum absolute atomic E-state index is 11.6. The van der Waals surface area contributed by atoms with E-state index in [1.54, 1.807) is 0 Å². The molecular weight excluding hydrogens is 254 g/mol. The number of carbonyl (C=O) groups is 2. The lowest BCUT2D eigenvalue weighted by molar-refractivity contribution is -0.120. The van der Waals surface area contributed by atoms with Crippen molar-refractivity contribution in [2.24, 2.45) is 11.7 Å². The predicted molar refractivity (Wildman–Crippen MR) is 79.1 cm³/mol. The summed E-state index contributed by atoms with van der Waals surface area (Å²) in [6.07, 6.45) is 1.05. The normalized spacial score (nSPS) is 12.0. The Morgan fingerprint density at radius 3 is 2.25 bits per heavy atom. The molecule has 0 fully saturated rings. The van der Waals surface area contributed by atoms with E-state index in [1.165, 1.54) is 5.56 Å². The van der Waals surface area contributed by atoms with Crippen LogP contribution in [0.2, 0.25) is 0 Å². The fourth-order valence-electron chi connectivity index (χ4n) is 1.96. The van der Waals surface area contributed by atoms with Crippen molar-refractivity contribution in [3.8, 4) is 0 Å². The molecule has 1 atom stereocenters. The minimum atomic E-state index is -0.703. The molecule has 3 amide bonds. The molecule has 0 radical (unpaired) electrons. The SMILES string of the molecule is CC(C)Cc1ccc(C(C)NC(=O)CNC(N)=O)cc1. The summed E-state index contributed by atoms with van der Waals surface area (Å²) in [6, 6.07) is 7.39. The number of hydrogen-bond acceptors (Lipinski definition) is 2. The summed E-state index contributed by atoms with van der Waals surface area (Å²) >= 11 is 0. The Kier molecular flexibility index (Phi) is 6.03. The summed E-state index contributed by atoms with van der Waals surface area (Å²) in [5.41, 5.74) is 7.23. The summed E-state index contributed by atoms with van der Waals surface area (Å²) < 4.78 is 0. The van der Waals surface area contributed by atoms with Crippen molar-refractivity contribution in [2.45, 2.75) is 33.2 Å². The molecular formula is C15H23N3O2. The van der Waals surface area contributed by atoms with E-state index < -0.39 is 6.03 Å². The monoisotopic (exact) mass is 277 g/mol. The first kappa shape index (κ1) is 16.0. The van der Waals surface area contributed by atoms with Crippen LogP contribution in [-0.2, 0) is 11.2 Å². The van der Waals surface area contributed by atoms with Crippen molar-refractivity contribution < 1.29 is 9.59 Å². The smallest absolute Gasteiger partial charge is 0.312 e. The molecule has 0 aliphatic heterocycles. The number of primary amides is 1. The Hall–Kier alpha value is -2.04. The van der Waals surface area contributed by atoms with Crippen molar-refractivity contribution in [3.05, 3.63) is 35.4 Å². The fraction of sp³-hybridized carbons (Fsp3) is 0.467. The van der Waals surface area contributed by atoms with Gasteiger partial charge in [-0.3, -0.25) is 4.79 Å². The summed E-state index contributed by atoms with van der Waals surface area (Å²) in [6.45, 7) is 6.16. The Morgan fingerprint density at radius 2 is 1.75 bits per heavy atom. The van der Waals surface area contributed by atoms with E-state index in [4.69, 9.17) is 5.73 Å². The summed E-state index contributed by atoms with van der Waals surface area (Å²) in [4.78, 5) is 22.1. The zero-order chi connectivity index (χ0) is 15.1. The molecule has 20 heavy (non-hydrogen) atoms. The first-order chi connectivity index (χ1) is 9.38. The number of carbonyl (C=O) groups excluding carboxylic acids is 2. The quantitative estimate of drug-likeness (QED) is 0.740. The van der Waals surface area contributed by atoms with Gasteiger partial charge >= 0.3 is 6.03 Å². The van der Waals surface area contributed by atoms with Crippen LogP contribution in [0.1, 0.15) is 37.9 Å². The first-order valence-electron chi connectivity index (χ1n) is 6.80. The third kappa shape index (κ3) is 5.73. The van der Waals surface area contributed by atoms with Crippen molar-refractivity contribution in [1.82, 2.24) is 10.6 Å². The van der Waals surface area contributed by atoms with Crippen LogP contribution in [0.4, 0.5) is 4.79 Å². The van der Waals surface area contributed by atoms with Gasteiger partial charge in [-0.1, -0.05) is 38.1 Å². The second-order valence-corrected chi connectivity index (χ2v) is 5.35. The van der Waals surface area contributed by atoms with E-state index in [-0.39, 0.29) is 18.5 Å². The maximum atomic E-state index is 11.6. The molecule has 0 saturated heterocycles. The lowest BCUT2D eigenvalue weighted by Crippen LogP contribution is -2.40. The Morgan fingerprint density at radius 1 is 1.15 bits per heavy atom. The van der Waals surface area contributed by atoms with Gasteiger partial charge in [0.25, 0.3) is 0 Å². The molecule has 0 aliphatic rings. The van der Waals surface area contributed by atoms with E-state index in [0.717, 1.165) is 12.0 Å². The average molecular weight is 277 g/mol. The number of urea groups is 1. The van der Waals surface area contributed by atoms with Crippen LogP contribution in [0.25, 0.3) is 0 Å². The first-order valence-corrected chi connectivity index (χ1v) is 6.80. The number of hydrogen-bond donors (Lipinski definition) is 3. The highest BCUT2D eigenvalue weighted by Gasteiger charge is 2.10. The zero-order valence-electron chi connectivity index (χ0n) is 12.3. The van der Waals surface area contributed by atoms with Crippen LogP contribution in [0.3, 0.4) is 0 Å². The van der Waals surface area contributed by atoms with Gasteiger partial charge in [-0.05, 0) is 30.4 Å². The molecule has 5 heteroatoms. The van der Waals surface area contributed by atoms with E-state index in [0.29, 0.717) is 5.92 Å². The lowest BCUT2D eigenvalue weighted by Gasteiger charge is -2.15. The average Bonchev–Trinajstić information content (AvgIpc) is 2.36. The molecule has 0 aromatic heterocycles. The van der Waals surface area contributed by atoms with E-state index in [2.05, 4.69) is 36.6 Å². The van der Waals surface area contributed by atoms with Gasteiger partial charge in [0, 0.05) is 0 Å². The Bertz CT molecular complexity index is 455. The fourth-order valence-corrected chi connectivity index (χ4v) is 1.96. The molecule has 5 nitrogen and oxygen atoms in total. The minimum Gasteiger partial charge on any atom is -0.352 e. The van der Waals surface area contributed by atoms with Gasteiger partial charge in [-0.25, -0.2) is 4.79 Å². The van der Waals surface area contributed by atoms with Crippen LogP contribution >= 0.6 is 0 Å². The third-order valence-corrected chi connectivity index (χ3v) is 2.92. The van der Waals surface area contributed by atoms with Gasteiger partial charge < -0.3 is 16.4 Å². The van der Waals surface area contributed by atoms with Gasteiger partial charge in [0.05, 0.1) is 12.6 Å². The van der Waals surface area contributed by atoms with Gasteiger partial charge in [0.15, 0.2) is 0 Å². The molecule has 0 bridgehead atoms. The van der Waals surface area contributed by atoms with Gasteiger partial charge in [-0.15, -0.1) is 0 Å². The molecule has 0 spiro atoms. The van der Waals surface area contributed by atoms with E-state index >= 15 is 0 Å². The number of nitrogens with one attached hydrogen (secondary N) is 2. The molecule has 0 heterocycles. The third-order valence-electron chi connectivity index (χ3n) is 2.92. The zero-order valence-corrected chi connectivity index (χ0v) is 12.3. The van der Waals surface area contributed by atoms with Crippen LogP contribution in [-0.4, -0.2) is 18.5 Å². The highest BCUT2D eigenvalue weighted by atomic mass is 16.2. The van der Waals surface area contributed by atoms with Crippen molar-refractivity contribution in [3.63, 3.8) is 0 Å². The van der Waals surface area contributed by atoms with E-state index in [1.807, 2.05) is 19.1 Å². The molecule has 1 aromatic rings. The molecule has 0 aliphatic carbocycles. The topological polar surface area (TPSA) is 84.2 Å². The molecule has 1 rings (SSSR count). The second-order valence-electron chi connectivity index (χ2n) is 5.35. The largest absolute Gasteiger partial charge is 0.352 e. The standard InChI is InChI=1S/C15H23N3O2/c1-10(2)8-12-4-6-13(7-5-12)11(3)18-14(19)9-17-15(16)20/h4-7,10-11H,8-9H2,1-3H3,(H,18,19)(H3,16,17,20). The van der Waals surface area contributed by atoms with Gasteiger partial charge in [0.1, 0.15) is 0 Å². The summed E-state index contributed by atoms with van der Waals surface area (Å²) in [5, 5.41) is 5.06. The maximum Gasteiger partial charge on any atom is 0.312 e. The van der Waals surface area contributed by atoms with Gasteiger partial charge in [-0.2, -0.15) is 0 Å². The lowest BCUT2D eigenvalue weighted by atomic mass is 10.00.